The number of thiazole rings is 1. The Morgan fingerprint density at radius 1 is 0.958 bits per heavy atom. The lowest BCUT2D eigenvalue weighted by molar-refractivity contribution is 0.464. The molecule has 0 aliphatic carbocycles. The molecule has 4 rings (SSSR count). The second-order valence-electron chi connectivity index (χ2n) is 4.97. The van der Waals surface area contributed by atoms with Crippen LogP contribution in [0.25, 0.3) is 10.2 Å². The highest BCUT2D eigenvalue weighted by Gasteiger charge is 2.12. The van der Waals surface area contributed by atoms with E-state index in [0.29, 0.717) is 28.3 Å². The molecule has 0 saturated carbocycles. The SMILES string of the molecule is Nc1c(Nc2nc3ccccc3s2)ncnc1Oc1ccccc1. The van der Waals surface area contributed by atoms with Crippen molar-refractivity contribution in [3.8, 4) is 11.6 Å². The number of hydrogen-bond acceptors (Lipinski definition) is 7. The average molecular weight is 335 g/mol. The number of nitrogens with one attached hydrogen (secondary N) is 1. The van der Waals surface area contributed by atoms with Gasteiger partial charge in [-0.05, 0) is 24.3 Å². The summed E-state index contributed by atoms with van der Waals surface area (Å²) in [7, 11) is 0. The Bertz CT molecular complexity index is 954. The predicted molar refractivity (Wildman–Crippen MR) is 95.9 cm³/mol. The van der Waals surface area contributed by atoms with Crippen LogP contribution in [0.15, 0.2) is 60.9 Å². The number of nitrogen functional groups attached to an aromatic ring is 1. The number of ether oxygens (including phenoxy) is 1. The van der Waals surface area contributed by atoms with E-state index in [-0.39, 0.29) is 0 Å². The number of fused-ring (bicyclic) bond motifs is 1. The Hall–Kier alpha value is -3.19. The Labute approximate surface area is 142 Å². The maximum Gasteiger partial charge on any atom is 0.248 e. The first-order chi connectivity index (χ1) is 11.8. The van der Waals surface area contributed by atoms with Crippen molar-refractivity contribution in [3.05, 3.63) is 60.9 Å². The zero-order valence-corrected chi connectivity index (χ0v) is 13.3. The topological polar surface area (TPSA) is 86.0 Å². The number of rotatable bonds is 4. The summed E-state index contributed by atoms with van der Waals surface area (Å²) in [6, 6.07) is 17.3. The summed E-state index contributed by atoms with van der Waals surface area (Å²) in [6.45, 7) is 0. The van der Waals surface area contributed by atoms with Gasteiger partial charge in [0.25, 0.3) is 0 Å². The molecule has 0 bridgehead atoms. The van der Waals surface area contributed by atoms with Gasteiger partial charge in [0.1, 0.15) is 17.8 Å². The highest BCUT2D eigenvalue weighted by atomic mass is 32.1. The van der Waals surface area contributed by atoms with Crippen LogP contribution >= 0.6 is 11.3 Å². The van der Waals surface area contributed by atoms with E-state index in [1.165, 1.54) is 17.7 Å². The van der Waals surface area contributed by atoms with Gasteiger partial charge in [-0.25, -0.2) is 9.97 Å². The minimum Gasteiger partial charge on any atom is -0.437 e. The third-order valence-corrected chi connectivity index (χ3v) is 4.28. The normalized spacial score (nSPS) is 10.7. The van der Waals surface area contributed by atoms with Crippen LogP contribution in [0.3, 0.4) is 0 Å². The van der Waals surface area contributed by atoms with E-state index >= 15 is 0 Å². The lowest BCUT2D eigenvalue weighted by Gasteiger charge is -2.10. The number of hydrogen-bond donors (Lipinski definition) is 2. The maximum atomic E-state index is 6.14. The monoisotopic (exact) mass is 335 g/mol. The van der Waals surface area contributed by atoms with Gasteiger partial charge in [-0.3, -0.25) is 0 Å². The van der Waals surface area contributed by atoms with Crippen LogP contribution in [0.4, 0.5) is 16.6 Å². The lowest BCUT2D eigenvalue weighted by atomic mass is 10.3. The van der Waals surface area contributed by atoms with Crippen LogP contribution in [-0.2, 0) is 0 Å². The highest BCUT2D eigenvalue weighted by Crippen LogP contribution is 2.33. The maximum absolute atomic E-state index is 6.14. The second-order valence-corrected chi connectivity index (χ2v) is 6.00. The first-order valence-corrected chi connectivity index (χ1v) is 8.07. The van der Waals surface area contributed by atoms with Gasteiger partial charge < -0.3 is 15.8 Å². The Morgan fingerprint density at radius 3 is 2.58 bits per heavy atom. The molecule has 7 heteroatoms. The van der Waals surface area contributed by atoms with Gasteiger partial charge in [0, 0.05) is 0 Å². The molecule has 0 radical (unpaired) electrons. The molecule has 0 atom stereocenters. The van der Waals surface area contributed by atoms with Gasteiger partial charge in [0.15, 0.2) is 10.9 Å². The average Bonchev–Trinajstić information content (AvgIpc) is 3.02. The molecule has 0 spiro atoms. The summed E-state index contributed by atoms with van der Waals surface area (Å²) in [5.41, 5.74) is 7.40. The van der Waals surface area contributed by atoms with Crippen molar-refractivity contribution in [2.75, 3.05) is 11.1 Å². The number of aromatic nitrogens is 3. The number of benzene rings is 2. The molecular formula is C17H13N5OS. The van der Waals surface area contributed by atoms with Gasteiger partial charge in [-0.2, -0.15) is 4.98 Å². The Morgan fingerprint density at radius 2 is 1.75 bits per heavy atom. The first kappa shape index (κ1) is 14.4. The van der Waals surface area contributed by atoms with Gasteiger partial charge in [-0.1, -0.05) is 41.7 Å². The third kappa shape index (κ3) is 2.84. The molecule has 4 aromatic rings. The molecule has 2 aromatic carbocycles. The largest absolute Gasteiger partial charge is 0.437 e. The van der Waals surface area contributed by atoms with Crippen molar-refractivity contribution < 1.29 is 4.74 Å². The summed E-state index contributed by atoms with van der Waals surface area (Å²) >= 11 is 1.53. The summed E-state index contributed by atoms with van der Waals surface area (Å²) in [6.07, 6.45) is 1.41. The minimum atomic E-state index is 0.305. The quantitative estimate of drug-likeness (QED) is 0.581. The van der Waals surface area contributed by atoms with Gasteiger partial charge in [0.05, 0.1) is 10.2 Å². The Kier molecular flexibility index (Phi) is 3.68. The van der Waals surface area contributed by atoms with Gasteiger partial charge in [-0.15, -0.1) is 0 Å². The van der Waals surface area contributed by atoms with Gasteiger partial charge >= 0.3 is 0 Å². The number of nitrogens with two attached hydrogens (primary N) is 1. The van der Waals surface area contributed by atoms with E-state index in [0.717, 1.165) is 10.2 Å². The van der Waals surface area contributed by atoms with Crippen LogP contribution in [-0.4, -0.2) is 15.0 Å². The van der Waals surface area contributed by atoms with Crippen LogP contribution < -0.4 is 15.8 Å². The third-order valence-electron chi connectivity index (χ3n) is 3.32. The molecule has 3 N–H and O–H groups in total. The molecule has 2 aromatic heterocycles. The van der Waals surface area contributed by atoms with Crippen molar-refractivity contribution in [2.24, 2.45) is 0 Å². The molecule has 0 aliphatic rings. The zero-order chi connectivity index (χ0) is 16.4. The molecular weight excluding hydrogens is 322 g/mol. The fraction of sp³-hybridized carbons (Fsp3) is 0. The van der Waals surface area contributed by atoms with E-state index in [1.807, 2.05) is 54.6 Å². The molecule has 24 heavy (non-hydrogen) atoms. The fourth-order valence-electron chi connectivity index (χ4n) is 2.19. The van der Waals surface area contributed by atoms with Crippen molar-refractivity contribution in [3.63, 3.8) is 0 Å². The van der Waals surface area contributed by atoms with Crippen LogP contribution in [0, 0.1) is 0 Å². The first-order valence-electron chi connectivity index (χ1n) is 7.25. The lowest BCUT2D eigenvalue weighted by Crippen LogP contribution is -2.02. The fourth-order valence-corrected chi connectivity index (χ4v) is 3.05. The summed E-state index contributed by atoms with van der Waals surface area (Å²) in [5.74, 6) is 1.43. The summed E-state index contributed by atoms with van der Waals surface area (Å²) in [4.78, 5) is 12.8. The van der Waals surface area contributed by atoms with Crippen LogP contribution in [0.2, 0.25) is 0 Å². The molecule has 2 heterocycles. The van der Waals surface area contributed by atoms with Crippen LogP contribution in [0.1, 0.15) is 0 Å². The smallest absolute Gasteiger partial charge is 0.248 e. The van der Waals surface area contributed by atoms with Crippen molar-refractivity contribution >= 4 is 38.2 Å². The van der Waals surface area contributed by atoms with Crippen molar-refractivity contribution in [1.82, 2.24) is 15.0 Å². The molecule has 6 nitrogen and oxygen atoms in total. The number of para-hydroxylation sites is 2. The van der Waals surface area contributed by atoms with E-state index in [1.54, 1.807) is 0 Å². The van der Waals surface area contributed by atoms with E-state index < -0.39 is 0 Å². The van der Waals surface area contributed by atoms with E-state index in [9.17, 15) is 0 Å². The van der Waals surface area contributed by atoms with Gasteiger partial charge in [0.2, 0.25) is 5.88 Å². The van der Waals surface area contributed by atoms with Crippen LogP contribution in [0.5, 0.6) is 11.6 Å². The van der Waals surface area contributed by atoms with E-state index in [2.05, 4.69) is 20.3 Å². The van der Waals surface area contributed by atoms with Crippen molar-refractivity contribution in [2.45, 2.75) is 0 Å². The minimum absolute atomic E-state index is 0.305. The second kappa shape index (κ2) is 6.13. The molecule has 0 unspecified atom stereocenters. The zero-order valence-electron chi connectivity index (χ0n) is 12.5. The number of nitrogens with zero attached hydrogens (tertiary/aromatic N) is 3. The predicted octanol–water partition coefficient (Wildman–Crippen LogP) is 4.20. The number of anilines is 3. The molecule has 0 saturated heterocycles. The summed E-state index contributed by atoms with van der Waals surface area (Å²) < 4.78 is 6.80. The molecule has 118 valence electrons. The molecule has 0 aliphatic heterocycles. The summed E-state index contributed by atoms with van der Waals surface area (Å²) in [5, 5.41) is 3.85. The molecule has 0 fully saturated rings. The highest BCUT2D eigenvalue weighted by molar-refractivity contribution is 7.22. The van der Waals surface area contributed by atoms with Crippen molar-refractivity contribution in [1.29, 1.82) is 0 Å². The molecule has 0 amide bonds. The van der Waals surface area contributed by atoms with E-state index in [4.69, 9.17) is 10.5 Å². The standard InChI is InChI=1S/C17H13N5OS/c18-14-15(22-17-21-12-8-4-5-9-13(12)24-17)19-10-20-16(14)23-11-6-2-1-3-7-11/h1-10H,18H2,(H,19,20,21,22). The Balaban J connectivity index is 1.62.